The molecule has 1 amide bonds. The summed E-state index contributed by atoms with van der Waals surface area (Å²) in [7, 11) is 0. The molecule has 1 aromatic rings. The average molecular weight is 263 g/mol. The van der Waals surface area contributed by atoms with E-state index in [1.807, 2.05) is 27.7 Å². The van der Waals surface area contributed by atoms with Gasteiger partial charge < -0.3 is 10.1 Å². The van der Waals surface area contributed by atoms with E-state index in [2.05, 4.69) is 5.32 Å². The number of ether oxygens (including phenoxy) is 1. The van der Waals surface area contributed by atoms with E-state index in [1.165, 1.54) is 0 Å². The highest BCUT2D eigenvalue weighted by molar-refractivity contribution is 5.93. The molecular weight excluding hydrogens is 242 g/mol. The van der Waals surface area contributed by atoms with Gasteiger partial charge in [-0.25, -0.2) is 4.79 Å². The van der Waals surface area contributed by atoms with Crippen molar-refractivity contribution in [3.63, 3.8) is 0 Å². The van der Waals surface area contributed by atoms with E-state index in [1.54, 1.807) is 24.3 Å². The lowest BCUT2D eigenvalue weighted by molar-refractivity contribution is -0.118. The predicted octanol–water partition coefficient (Wildman–Crippen LogP) is 3.09. The molecule has 0 bridgehead atoms. The predicted molar refractivity (Wildman–Crippen MR) is 75.0 cm³/mol. The molecule has 19 heavy (non-hydrogen) atoms. The second-order valence-electron chi connectivity index (χ2n) is 5.21. The van der Waals surface area contributed by atoms with Gasteiger partial charge in [0.25, 0.3) is 0 Å². The van der Waals surface area contributed by atoms with Gasteiger partial charge in [-0.2, -0.15) is 0 Å². The van der Waals surface area contributed by atoms with E-state index in [0.29, 0.717) is 23.8 Å². The molecule has 0 aromatic heterocycles. The molecule has 0 atom stereocenters. The highest BCUT2D eigenvalue weighted by atomic mass is 16.5. The van der Waals surface area contributed by atoms with Gasteiger partial charge >= 0.3 is 5.97 Å². The second-order valence-corrected chi connectivity index (χ2v) is 5.21. The van der Waals surface area contributed by atoms with Crippen LogP contribution in [0.1, 0.15) is 38.1 Å². The maximum absolute atomic E-state index is 11.7. The number of nitrogens with one attached hydrogen (secondary N) is 1. The number of anilines is 1. The van der Waals surface area contributed by atoms with Crippen LogP contribution in [-0.4, -0.2) is 18.5 Å². The number of hydrogen-bond acceptors (Lipinski definition) is 3. The Morgan fingerprint density at radius 1 is 1.11 bits per heavy atom. The van der Waals surface area contributed by atoms with Crippen LogP contribution in [0.15, 0.2) is 24.3 Å². The van der Waals surface area contributed by atoms with E-state index in [-0.39, 0.29) is 17.8 Å². The molecule has 0 fully saturated rings. The molecule has 4 nitrogen and oxygen atoms in total. The highest BCUT2D eigenvalue weighted by Gasteiger charge is 2.10. The van der Waals surface area contributed by atoms with Gasteiger partial charge in [0.1, 0.15) is 0 Å². The molecule has 1 rings (SSSR count). The SMILES string of the molecule is CC(C)COC(=O)c1ccc(NC(=O)C(C)C)cc1. The summed E-state index contributed by atoms with van der Waals surface area (Å²) in [5.74, 6) is -0.144. The molecule has 0 spiro atoms. The minimum absolute atomic E-state index is 0.0462. The summed E-state index contributed by atoms with van der Waals surface area (Å²) < 4.78 is 5.12. The Morgan fingerprint density at radius 3 is 2.16 bits per heavy atom. The summed E-state index contributed by atoms with van der Waals surface area (Å²) in [6.07, 6.45) is 0. The first-order chi connectivity index (χ1) is 8.90. The minimum atomic E-state index is -0.338. The fourth-order valence-corrected chi connectivity index (χ4v) is 1.30. The summed E-state index contributed by atoms with van der Waals surface area (Å²) in [4.78, 5) is 23.2. The van der Waals surface area contributed by atoms with E-state index in [9.17, 15) is 9.59 Å². The van der Waals surface area contributed by atoms with Crippen LogP contribution in [-0.2, 0) is 9.53 Å². The Balaban J connectivity index is 2.61. The van der Waals surface area contributed by atoms with E-state index >= 15 is 0 Å². The maximum atomic E-state index is 11.7. The van der Waals surface area contributed by atoms with Gasteiger partial charge in [-0.1, -0.05) is 27.7 Å². The summed E-state index contributed by atoms with van der Waals surface area (Å²) >= 11 is 0. The zero-order chi connectivity index (χ0) is 14.4. The molecule has 0 radical (unpaired) electrons. The monoisotopic (exact) mass is 263 g/mol. The number of amides is 1. The Labute approximate surface area is 114 Å². The van der Waals surface area contributed by atoms with Gasteiger partial charge in [0.2, 0.25) is 5.91 Å². The van der Waals surface area contributed by atoms with Gasteiger partial charge in [-0.3, -0.25) is 4.79 Å². The highest BCUT2D eigenvalue weighted by Crippen LogP contribution is 2.12. The zero-order valence-electron chi connectivity index (χ0n) is 11.9. The molecule has 1 aromatic carbocycles. The first-order valence-corrected chi connectivity index (χ1v) is 6.48. The summed E-state index contributed by atoms with van der Waals surface area (Å²) in [5, 5.41) is 2.77. The number of carbonyl (C=O) groups excluding carboxylic acids is 2. The number of benzene rings is 1. The summed E-state index contributed by atoms with van der Waals surface area (Å²) in [6, 6.07) is 6.70. The lowest BCUT2D eigenvalue weighted by Gasteiger charge is -2.09. The Bertz CT molecular complexity index is 435. The minimum Gasteiger partial charge on any atom is -0.462 e. The Hall–Kier alpha value is -1.84. The molecule has 1 N–H and O–H groups in total. The van der Waals surface area contributed by atoms with Crippen LogP contribution in [0.3, 0.4) is 0 Å². The number of esters is 1. The van der Waals surface area contributed by atoms with Crippen LogP contribution in [0.25, 0.3) is 0 Å². The Kier molecular flexibility index (Phi) is 5.55. The number of carbonyl (C=O) groups is 2. The van der Waals surface area contributed by atoms with Crippen molar-refractivity contribution >= 4 is 17.6 Å². The van der Waals surface area contributed by atoms with Crippen LogP contribution >= 0.6 is 0 Å². The smallest absolute Gasteiger partial charge is 0.338 e. The van der Waals surface area contributed by atoms with E-state index in [4.69, 9.17) is 4.74 Å². The molecular formula is C15H21NO3. The molecule has 0 heterocycles. The van der Waals surface area contributed by atoms with Crippen molar-refractivity contribution in [2.24, 2.45) is 11.8 Å². The van der Waals surface area contributed by atoms with Gasteiger partial charge in [0.15, 0.2) is 0 Å². The standard InChI is InChI=1S/C15H21NO3/c1-10(2)9-19-15(18)12-5-7-13(8-6-12)16-14(17)11(3)4/h5-8,10-11H,9H2,1-4H3,(H,16,17). The first-order valence-electron chi connectivity index (χ1n) is 6.48. The Morgan fingerprint density at radius 2 is 1.68 bits per heavy atom. The molecule has 0 aliphatic rings. The second kappa shape index (κ2) is 6.92. The summed E-state index contributed by atoms with van der Waals surface area (Å²) in [5.41, 5.74) is 1.17. The van der Waals surface area contributed by atoms with Crippen LogP contribution in [0, 0.1) is 11.8 Å². The fourth-order valence-electron chi connectivity index (χ4n) is 1.30. The van der Waals surface area contributed by atoms with E-state index < -0.39 is 0 Å². The van der Waals surface area contributed by atoms with Gasteiger partial charge in [-0.15, -0.1) is 0 Å². The van der Waals surface area contributed by atoms with Crippen molar-refractivity contribution in [1.29, 1.82) is 0 Å². The van der Waals surface area contributed by atoms with Crippen molar-refractivity contribution < 1.29 is 14.3 Å². The first kappa shape index (κ1) is 15.2. The lowest BCUT2D eigenvalue weighted by Crippen LogP contribution is -2.17. The fraction of sp³-hybridized carbons (Fsp3) is 0.467. The van der Waals surface area contributed by atoms with Crippen LogP contribution in [0.4, 0.5) is 5.69 Å². The van der Waals surface area contributed by atoms with Crippen LogP contribution < -0.4 is 5.32 Å². The maximum Gasteiger partial charge on any atom is 0.338 e. The number of rotatable bonds is 5. The molecule has 0 aliphatic carbocycles. The van der Waals surface area contributed by atoms with Crippen molar-refractivity contribution in [1.82, 2.24) is 0 Å². The van der Waals surface area contributed by atoms with Gasteiger partial charge in [0, 0.05) is 11.6 Å². The van der Waals surface area contributed by atoms with Crippen molar-refractivity contribution in [3.05, 3.63) is 29.8 Å². The van der Waals surface area contributed by atoms with Gasteiger partial charge in [0.05, 0.1) is 12.2 Å². The third-order valence-electron chi connectivity index (χ3n) is 2.46. The molecule has 4 heteroatoms. The van der Waals surface area contributed by atoms with Gasteiger partial charge in [-0.05, 0) is 30.2 Å². The topological polar surface area (TPSA) is 55.4 Å². The molecule has 0 aliphatic heterocycles. The lowest BCUT2D eigenvalue weighted by atomic mass is 10.1. The third-order valence-corrected chi connectivity index (χ3v) is 2.46. The third kappa shape index (κ3) is 5.12. The zero-order valence-corrected chi connectivity index (χ0v) is 11.9. The molecule has 104 valence electrons. The van der Waals surface area contributed by atoms with Crippen molar-refractivity contribution in [2.75, 3.05) is 11.9 Å². The van der Waals surface area contributed by atoms with Crippen LogP contribution in [0.2, 0.25) is 0 Å². The molecule has 0 saturated carbocycles. The van der Waals surface area contributed by atoms with Crippen molar-refractivity contribution in [2.45, 2.75) is 27.7 Å². The average Bonchev–Trinajstić information content (AvgIpc) is 2.36. The molecule has 0 unspecified atom stereocenters. The normalized spacial score (nSPS) is 10.6. The largest absolute Gasteiger partial charge is 0.462 e. The van der Waals surface area contributed by atoms with E-state index in [0.717, 1.165) is 0 Å². The summed E-state index contributed by atoms with van der Waals surface area (Å²) in [6.45, 7) is 8.03. The quantitative estimate of drug-likeness (QED) is 0.830. The van der Waals surface area contributed by atoms with Crippen LogP contribution in [0.5, 0.6) is 0 Å². The number of hydrogen-bond donors (Lipinski definition) is 1. The van der Waals surface area contributed by atoms with Crippen molar-refractivity contribution in [3.8, 4) is 0 Å². The molecule has 0 saturated heterocycles.